The average Bonchev–Trinajstić information content (AvgIpc) is 2.73. The SMILES string of the molecule is Nc1nc(C(=O)SCc2ccccc2)c(N)nc1C(=O)SCc1ccccc1. The van der Waals surface area contributed by atoms with Crippen molar-refractivity contribution in [1.29, 1.82) is 0 Å². The monoisotopic (exact) mass is 410 g/mol. The predicted octanol–water partition coefficient (Wildman–Crippen LogP) is 3.79. The van der Waals surface area contributed by atoms with Crippen LogP contribution in [0.1, 0.15) is 32.1 Å². The maximum atomic E-state index is 12.4. The van der Waals surface area contributed by atoms with Gasteiger partial charge in [0.25, 0.3) is 0 Å². The van der Waals surface area contributed by atoms with Crippen LogP contribution in [-0.2, 0) is 11.5 Å². The molecule has 0 bridgehead atoms. The Morgan fingerprint density at radius 2 is 1.04 bits per heavy atom. The fourth-order valence-corrected chi connectivity index (χ4v) is 3.90. The van der Waals surface area contributed by atoms with E-state index < -0.39 is 0 Å². The van der Waals surface area contributed by atoms with Crippen molar-refractivity contribution in [2.24, 2.45) is 0 Å². The Labute approximate surface area is 171 Å². The van der Waals surface area contributed by atoms with Crippen LogP contribution in [0.3, 0.4) is 0 Å². The normalized spacial score (nSPS) is 10.6. The molecule has 0 aliphatic heterocycles. The first-order valence-electron chi connectivity index (χ1n) is 8.39. The molecule has 0 atom stereocenters. The zero-order valence-corrected chi connectivity index (χ0v) is 16.5. The number of carbonyl (C=O) groups excluding carboxylic acids is 2. The lowest BCUT2D eigenvalue weighted by Gasteiger charge is -2.08. The minimum absolute atomic E-state index is 0.0250. The maximum absolute atomic E-state index is 12.4. The van der Waals surface area contributed by atoms with Gasteiger partial charge in [0.1, 0.15) is 0 Å². The van der Waals surface area contributed by atoms with E-state index >= 15 is 0 Å². The molecule has 0 aliphatic carbocycles. The highest BCUT2D eigenvalue weighted by atomic mass is 32.2. The Hall–Kier alpha value is -2.84. The van der Waals surface area contributed by atoms with Crippen molar-refractivity contribution < 1.29 is 9.59 Å². The van der Waals surface area contributed by atoms with Crippen LogP contribution in [0.4, 0.5) is 11.6 Å². The van der Waals surface area contributed by atoms with Crippen molar-refractivity contribution in [1.82, 2.24) is 9.97 Å². The van der Waals surface area contributed by atoms with Crippen LogP contribution in [0, 0.1) is 0 Å². The van der Waals surface area contributed by atoms with Gasteiger partial charge in [-0.2, -0.15) is 0 Å². The Balaban J connectivity index is 1.67. The van der Waals surface area contributed by atoms with E-state index in [4.69, 9.17) is 11.5 Å². The van der Waals surface area contributed by atoms with Gasteiger partial charge in [-0.3, -0.25) is 9.59 Å². The molecule has 3 aromatic rings. The van der Waals surface area contributed by atoms with E-state index in [-0.39, 0.29) is 33.3 Å². The van der Waals surface area contributed by atoms with Gasteiger partial charge >= 0.3 is 0 Å². The number of hydrogen-bond acceptors (Lipinski definition) is 8. The van der Waals surface area contributed by atoms with Crippen molar-refractivity contribution in [2.45, 2.75) is 11.5 Å². The van der Waals surface area contributed by atoms with Crippen molar-refractivity contribution in [3.05, 3.63) is 83.2 Å². The van der Waals surface area contributed by atoms with Crippen LogP contribution >= 0.6 is 23.5 Å². The number of aromatic nitrogens is 2. The van der Waals surface area contributed by atoms with Crippen LogP contribution in [0.2, 0.25) is 0 Å². The van der Waals surface area contributed by atoms with Crippen molar-refractivity contribution in [3.8, 4) is 0 Å². The molecule has 1 aromatic heterocycles. The first-order chi connectivity index (χ1) is 13.5. The first-order valence-corrected chi connectivity index (χ1v) is 10.4. The number of nitrogens with zero attached hydrogens (tertiary/aromatic N) is 2. The smallest absolute Gasteiger partial charge is 0.241 e. The van der Waals surface area contributed by atoms with Gasteiger partial charge in [-0.25, -0.2) is 9.97 Å². The molecule has 0 unspecified atom stereocenters. The molecular weight excluding hydrogens is 392 g/mol. The number of anilines is 2. The minimum Gasteiger partial charge on any atom is -0.382 e. The van der Waals surface area contributed by atoms with Gasteiger partial charge in [0.2, 0.25) is 10.2 Å². The fourth-order valence-electron chi connectivity index (χ4n) is 2.34. The van der Waals surface area contributed by atoms with Gasteiger partial charge < -0.3 is 11.5 Å². The Morgan fingerprint density at radius 1 is 0.679 bits per heavy atom. The molecule has 0 spiro atoms. The fraction of sp³-hybridized carbons (Fsp3) is 0.100. The summed E-state index contributed by atoms with van der Waals surface area (Å²) >= 11 is 2.12. The van der Waals surface area contributed by atoms with E-state index in [2.05, 4.69) is 9.97 Å². The second-order valence-corrected chi connectivity index (χ2v) is 7.71. The summed E-state index contributed by atoms with van der Waals surface area (Å²) in [7, 11) is 0. The zero-order chi connectivity index (χ0) is 19.9. The number of thioether (sulfide) groups is 2. The van der Waals surface area contributed by atoms with E-state index in [0.29, 0.717) is 11.5 Å². The third-order valence-electron chi connectivity index (χ3n) is 3.76. The average molecular weight is 411 g/mol. The molecule has 1 heterocycles. The van der Waals surface area contributed by atoms with E-state index in [0.717, 1.165) is 34.7 Å². The van der Waals surface area contributed by atoms with Gasteiger partial charge in [0, 0.05) is 11.5 Å². The third-order valence-corrected chi connectivity index (χ3v) is 5.63. The third kappa shape index (κ3) is 5.11. The number of nitrogens with two attached hydrogens (primary N) is 2. The van der Waals surface area contributed by atoms with Gasteiger partial charge in [0.05, 0.1) is 0 Å². The quantitative estimate of drug-likeness (QED) is 0.631. The molecule has 28 heavy (non-hydrogen) atoms. The molecule has 0 radical (unpaired) electrons. The number of hydrogen-bond donors (Lipinski definition) is 2. The summed E-state index contributed by atoms with van der Waals surface area (Å²) in [5.74, 6) is 0.773. The molecule has 4 N–H and O–H groups in total. The topological polar surface area (TPSA) is 112 Å². The molecule has 2 aromatic carbocycles. The summed E-state index contributed by atoms with van der Waals surface area (Å²) in [5, 5.41) is -0.673. The second-order valence-electron chi connectivity index (χ2n) is 5.81. The van der Waals surface area contributed by atoms with Gasteiger partial charge in [-0.15, -0.1) is 0 Å². The summed E-state index contributed by atoms with van der Waals surface area (Å²) in [5.41, 5.74) is 13.7. The molecule has 0 saturated carbocycles. The Kier molecular flexibility index (Phi) is 6.67. The largest absolute Gasteiger partial charge is 0.382 e. The van der Waals surface area contributed by atoms with Crippen LogP contribution in [-0.4, -0.2) is 20.2 Å². The summed E-state index contributed by atoms with van der Waals surface area (Å²) < 4.78 is 0. The molecule has 0 fully saturated rings. The van der Waals surface area contributed by atoms with E-state index in [1.54, 1.807) is 0 Å². The molecule has 8 heteroatoms. The van der Waals surface area contributed by atoms with Gasteiger partial charge in [-0.05, 0) is 11.1 Å². The Bertz CT molecular complexity index is 901. The number of carbonyl (C=O) groups is 2. The molecule has 3 rings (SSSR count). The summed E-state index contributed by atoms with van der Waals surface area (Å²) in [6.45, 7) is 0. The highest BCUT2D eigenvalue weighted by Crippen LogP contribution is 2.24. The number of rotatable bonds is 6. The molecule has 6 nitrogen and oxygen atoms in total. The number of benzene rings is 2. The van der Waals surface area contributed by atoms with Crippen LogP contribution in [0.25, 0.3) is 0 Å². The van der Waals surface area contributed by atoms with E-state index in [9.17, 15) is 9.59 Å². The lowest BCUT2D eigenvalue weighted by molar-refractivity contribution is 0.107. The number of nitrogen functional groups attached to an aromatic ring is 2. The maximum Gasteiger partial charge on any atom is 0.241 e. The highest BCUT2D eigenvalue weighted by Gasteiger charge is 2.21. The Morgan fingerprint density at radius 3 is 1.39 bits per heavy atom. The van der Waals surface area contributed by atoms with Crippen molar-refractivity contribution in [2.75, 3.05) is 11.5 Å². The zero-order valence-electron chi connectivity index (χ0n) is 14.9. The highest BCUT2D eigenvalue weighted by molar-refractivity contribution is 8.13. The molecule has 0 amide bonds. The summed E-state index contributed by atoms with van der Waals surface area (Å²) in [6, 6.07) is 19.1. The van der Waals surface area contributed by atoms with E-state index in [1.165, 1.54) is 0 Å². The van der Waals surface area contributed by atoms with Gasteiger partial charge in [0.15, 0.2) is 23.0 Å². The van der Waals surface area contributed by atoms with Crippen LogP contribution in [0.15, 0.2) is 60.7 Å². The predicted molar refractivity (Wildman–Crippen MR) is 115 cm³/mol. The van der Waals surface area contributed by atoms with Crippen LogP contribution in [0.5, 0.6) is 0 Å². The second kappa shape index (κ2) is 9.38. The van der Waals surface area contributed by atoms with Crippen LogP contribution < -0.4 is 11.5 Å². The van der Waals surface area contributed by atoms with Gasteiger partial charge in [-0.1, -0.05) is 84.2 Å². The standard InChI is InChI=1S/C20H18N4O2S2/c21-17-15(19(25)27-11-13-7-3-1-4-8-13)23-18(22)16(24-17)20(26)28-12-14-9-5-2-6-10-14/h1-10H,11-12H2,(H2,22,23)(H2,21,24). The summed E-state index contributed by atoms with van der Waals surface area (Å²) in [4.78, 5) is 32.9. The van der Waals surface area contributed by atoms with Crippen molar-refractivity contribution >= 4 is 45.4 Å². The summed E-state index contributed by atoms with van der Waals surface area (Å²) in [6.07, 6.45) is 0. The lowest BCUT2D eigenvalue weighted by Crippen LogP contribution is -2.14. The van der Waals surface area contributed by atoms with Crippen molar-refractivity contribution in [3.63, 3.8) is 0 Å². The first kappa shape index (κ1) is 19.9. The molecule has 0 aliphatic rings. The molecular formula is C20H18N4O2S2. The van der Waals surface area contributed by atoms with E-state index in [1.807, 2.05) is 60.7 Å². The molecule has 142 valence electrons. The molecule has 0 saturated heterocycles. The lowest BCUT2D eigenvalue weighted by atomic mass is 10.2. The minimum atomic E-state index is -0.337.